The van der Waals surface area contributed by atoms with E-state index in [2.05, 4.69) is 0 Å². The van der Waals surface area contributed by atoms with Crippen LogP contribution in [0.4, 0.5) is 5.69 Å². The number of benzene rings is 2. The standard InChI is InChI=1S/C15H11Cl2NO5/c1-23-13-7-12(18(21)22)9(6-11(13)17)14(15(19)20)8-4-2-3-5-10(8)16/h2-7,14H,1H3,(H,19,20). The number of nitro benzene ring substituents is 1. The Morgan fingerprint density at radius 1 is 1.22 bits per heavy atom. The molecule has 2 aromatic carbocycles. The average Bonchev–Trinajstić information content (AvgIpc) is 2.49. The normalized spacial score (nSPS) is 11.8. The summed E-state index contributed by atoms with van der Waals surface area (Å²) in [6.45, 7) is 0. The van der Waals surface area contributed by atoms with Crippen LogP contribution in [0, 0.1) is 10.1 Å². The van der Waals surface area contributed by atoms with Gasteiger partial charge in [-0.2, -0.15) is 0 Å². The van der Waals surface area contributed by atoms with Crippen LogP contribution in [0.15, 0.2) is 36.4 Å². The van der Waals surface area contributed by atoms with E-state index in [1.54, 1.807) is 12.1 Å². The molecular formula is C15H11Cl2NO5. The Morgan fingerprint density at radius 3 is 2.39 bits per heavy atom. The Labute approximate surface area is 141 Å². The lowest BCUT2D eigenvalue weighted by Crippen LogP contribution is -2.15. The lowest BCUT2D eigenvalue weighted by Gasteiger charge is -2.16. The van der Waals surface area contributed by atoms with Gasteiger partial charge in [-0.3, -0.25) is 14.9 Å². The third kappa shape index (κ3) is 3.38. The maximum Gasteiger partial charge on any atom is 0.315 e. The van der Waals surface area contributed by atoms with Crippen molar-refractivity contribution in [1.82, 2.24) is 0 Å². The van der Waals surface area contributed by atoms with Crippen LogP contribution in [0.1, 0.15) is 17.0 Å². The summed E-state index contributed by atoms with van der Waals surface area (Å²) < 4.78 is 4.95. The molecule has 0 aliphatic rings. The molecule has 23 heavy (non-hydrogen) atoms. The molecule has 2 rings (SSSR count). The topological polar surface area (TPSA) is 89.7 Å². The second-order valence-corrected chi connectivity index (χ2v) is 5.41. The second kappa shape index (κ2) is 6.85. The van der Waals surface area contributed by atoms with Gasteiger partial charge in [-0.15, -0.1) is 0 Å². The van der Waals surface area contributed by atoms with E-state index in [4.69, 9.17) is 27.9 Å². The molecule has 0 bridgehead atoms. The first-order valence-electron chi connectivity index (χ1n) is 6.35. The molecular weight excluding hydrogens is 345 g/mol. The quantitative estimate of drug-likeness (QED) is 0.643. The van der Waals surface area contributed by atoms with Crippen molar-refractivity contribution in [3.63, 3.8) is 0 Å². The van der Waals surface area contributed by atoms with Gasteiger partial charge in [-0.25, -0.2) is 0 Å². The Kier molecular flexibility index (Phi) is 5.08. The summed E-state index contributed by atoms with van der Waals surface area (Å²) in [5, 5.41) is 21.2. The summed E-state index contributed by atoms with van der Waals surface area (Å²) in [7, 11) is 1.31. The maximum absolute atomic E-state index is 11.7. The van der Waals surface area contributed by atoms with Gasteiger partial charge in [0.05, 0.1) is 28.7 Å². The number of ether oxygens (including phenoxy) is 1. The number of aliphatic carboxylic acids is 1. The highest BCUT2D eigenvalue weighted by atomic mass is 35.5. The van der Waals surface area contributed by atoms with Gasteiger partial charge in [0, 0.05) is 5.02 Å². The van der Waals surface area contributed by atoms with Crippen molar-refractivity contribution in [3.05, 3.63) is 67.7 Å². The van der Waals surface area contributed by atoms with Crippen molar-refractivity contribution in [2.45, 2.75) is 5.92 Å². The highest BCUT2D eigenvalue weighted by Crippen LogP contribution is 2.40. The molecule has 0 aliphatic carbocycles. The van der Waals surface area contributed by atoms with Gasteiger partial charge in [-0.1, -0.05) is 41.4 Å². The Morgan fingerprint density at radius 2 is 1.87 bits per heavy atom. The first-order chi connectivity index (χ1) is 10.9. The van der Waals surface area contributed by atoms with Crippen LogP contribution in [-0.2, 0) is 4.79 Å². The summed E-state index contributed by atoms with van der Waals surface area (Å²) in [5.41, 5.74) is -0.231. The van der Waals surface area contributed by atoms with Crippen LogP contribution in [0.5, 0.6) is 5.75 Å². The summed E-state index contributed by atoms with van der Waals surface area (Å²) in [5.74, 6) is -2.51. The Bertz CT molecular complexity index is 778. The van der Waals surface area contributed by atoms with E-state index in [0.29, 0.717) is 0 Å². The summed E-state index contributed by atoms with van der Waals surface area (Å²) in [6.07, 6.45) is 0. The predicted molar refractivity (Wildman–Crippen MR) is 85.6 cm³/mol. The number of halogens is 2. The van der Waals surface area contributed by atoms with E-state index in [1.807, 2.05) is 0 Å². The number of hydrogen-bond donors (Lipinski definition) is 1. The van der Waals surface area contributed by atoms with Crippen LogP contribution < -0.4 is 4.74 Å². The summed E-state index contributed by atoms with van der Waals surface area (Å²) in [6, 6.07) is 8.59. The van der Waals surface area contributed by atoms with Gasteiger partial charge in [0.1, 0.15) is 11.7 Å². The number of hydrogen-bond acceptors (Lipinski definition) is 4. The van der Waals surface area contributed by atoms with E-state index in [1.165, 1.54) is 25.3 Å². The summed E-state index contributed by atoms with van der Waals surface area (Å²) >= 11 is 12.1. The van der Waals surface area contributed by atoms with Gasteiger partial charge < -0.3 is 9.84 Å². The van der Waals surface area contributed by atoms with Crippen molar-refractivity contribution in [3.8, 4) is 5.75 Å². The fourth-order valence-corrected chi connectivity index (χ4v) is 2.74. The average molecular weight is 356 g/mol. The number of carboxylic acid groups (broad SMARTS) is 1. The van der Waals surface area contributed by atoms with Gasteiger partial charge in [0.25, 0.3) is 5.69 Å². The molecule has 1 atom stereocenters. The zero-order valence-corrected chi connectivity index (χ0v) is 13.3. The lowest BCUT2D eigenvalue weighted by atomic mass is 9.90. The molecule has 0 saturated heterocycles. The highest BCUT2D eigenvalue weighted by Gasteiger charge is 2.32. The zero-order chi connectivity index (χ0) is 17.1. The van der Waals surface area contributed by atoms with Gasteiger partial charge in [0.2, 0.25) is 0 Å². The number of carbonyl (C=O) groups is 1. The van der Waals surface area contributed by atoms with Crippen LogP contribution in [0.3, 0.4) is 0 Å². The molecule has 0 spiro atoms. The first kappa shape index (κ1) is 17.1. The van der Waals surface area contributed by atoms with Crippen molar-refractivity contribution in [2.24, 2.45) is 0 Å². The van der Waals surface area contributed by atoms with Gasteiger partial charge in [-0.05, 0) is 17.7 Å². The minimum absolute atomic E-state index is 0.0681. The van der Waals surface area contributed by atoms with E-state index in [9.17, 15) is 20.0 Å². The second-order valence-electron chi connectivity index (χ2n) is 4.60. The molecule has 0 heterocycles. The van der Waals surface area contributed by atoms with Crippen LogP contribution in [-0.4, -0.2) is 23.1 Å². The zero-order valence-electron chi connectivity index (χ0n) is 11.8. The monoisotopic (exact) mass is 355 g/mol. The number of nitrogens with zero attached hydrogens (tertiary/aromatic N) is 1. The van der Waals surface area contributed by atoms with Gasteiger partial charge >= 0.3 is 5.97 Å². The minimum Gasteiger partial charge on any atom is -0.495 e. The largest absolute Gasteiger partial charge is 0.495 e. The van der Waals surface area contributed by atoms with Crippen molar-refractivity contribution in [1.29, 1.82) is 0 Å². The summed E-state index contributed by atoms with van der Waals surface area (Å²) in [4.78, 5) is 22.4. The third-order valence-corrected chi connectivity index (χ3v) is 3.91. The van der Waals surface area contributed by atoms with Crippen molar-refractivity contribution < 1.29 is 19.6 Å². The van der Waals surface area contributed by atoms with E-state index >= 15 is 0 Å². The molecule has 8 heteroatoms. The molecule has 0 saturated carbocycles. The Balaban J connectivity index is 2.74. The molecule has 6 nitrogen and oxygen atoms in total. The minimum atomic E-state index is -1.33. The molecule has 1 N–H and O–H groups in total. The molecule has 0 aliphatic heterocycles. The fraction of sp³-hybridized carbons (Fsp3) is 0.133. The highest BCUT2D eigenvalue weighted by molar-refractivity contribution is 6.32. The van der Waals surface area contributed by atoms with E-state index in [0.717, 1.165) is 6.07 Å². The maximum atomic E-state index is 11.7. The van der Waals surface area contributed by atoms with Crippen molar-refractivity contribution in [2.75, 3.05) is 7.11 Å². The van der Waals surface area contributed by atoms with Crippen LogP contribution in [0.2, 0.25) is 10.0 Å². The third-order valence-electron chi connectivity index (χ3n) is 3.27. The molecule has 0 aromatic heterocycles. The van der Waals surface area contributed by atoms with E-state index < -0.39 is 22.5 Å². The number of methoxy groups -OCH3 is 1. The number of nitro groups is 1. The van der Waals surface area contributed by atoms with Crippen LogP contribution >= 0.6 is 23.2 Å². The Hall–Kier alpha value is -2.31. The smallest absolute Gasteiger partial charge is 0.315 e. The predicted octanol–water partition coefficient (Wildman–Crippen LogP) is 4.13. The first-order valence-corrected chi connectivity index (χ1v) is 7.11. The molecule has 120 valence electrons. The molecule has 0 radical (unpaired) electrons. The molecule has 2 aromatic rings. The van der Waals surface area contributed by atoms with Crippen molar-refractivity contribution >= 4 is 34.9 Å². The SMILES string of the molecule is COc1cc([N+](=O)[O-])c(C(C(=O)O)c2ccccc2Cl)cc1Cl. The molecule has 0 amide bonds. The molecule has 0 fully saturated rings. The number of carboxylic acids is 1. The van der Waals surface area contributed by atoms with E-state index in [-0.39, 0.29) is 26.9 Å². The van der Waals surface area contributed by atoms with Gasteiger partial charge in [0.15, 0.2) is 0 Å². The van der Waals surface area contributed by atoms with Crippen LogP contribution in [0.25, 0.3) is 0 Å². The molecule has 1 unspecified atom stereocenters. The lowest BCUT2D eigenvalue weighted by molar-refractivity contribution is -0.385. The fourth-order valence-electron chi connectivity index (χ4n) is 2.25. The number of rotatable bonds is 5.